The lowest BCUT2D eigenvalue weighted by molar-refractivity contribution is -0.137. The van der Waals surface area contributed by atoms with E-state index in [1.54, 1.807) is 23.1 Å². The van der Waals surface area contributed by atoms with Crippen LogP contribution < -0.4 is 11.5 Å². The van der Waals surface area contributed by atoms with Crippen LogP contribution in [0.3, 0.4) is 0 Å². The third kappa shape index (κ3) is 8.50. The molecule has 1 heterocycles. The molecule has 0 aliphatic carbocycles. The number of fused-ring (bicyclic) bond motifs is 1. The van der Waals surface area contributed by atoms with Crippen LogP contribution in [0.1, 0.15) is 55.1 Å². The summed E-state index contributed by atoms with van der Waals surface area (Å²) in [6, 6.07) is 33.3. The molecule has 0 bridgehead atoms. The second-order valence-electron chi connectivity index (χ2n) is 12.4. The SMILES string of the molecule is N=C(N)c1ccc(CCc2nc3cc(C(=O)N(Cc4ccc(CN)cc4)Cc4cccc(C(F)(F)F)c4)ccc3n2Cc2ccccc2S)cc1. The molecule has 5 aromatic carbocycles. The lowest BCUT2D eigenvalue weighted by atomic mass is 10.1. The topological polar surface area (TPSA) is 114 Å². The lowest BCUT2D eigenvalue weighted by Crippen LogP contribution is -2.30. The summed E-state index contributed by atoms with van der Waals surface area (Å²) in [4.78, 5) is 21.6. The molecule has 6 rings (SSSR count). The number of rotatable bonds is 12. The molecule has 0 unspecified atom stereocenters. The lowest BCUT2D eigenvalue weighted by Gasteiger charge is -2.24. The van der Waals surface area contributed by atoms with E-state index < -0.39 is 11.7 Å². The molecule has 0 saturated heterocycles. The van der Waals surface area contributed by atoms with E-state index in [-0.39, 0.29) is 24.8 Å². The molecular weight excluding hydrogens is 670 g/mol. The maximum atomic E-state index is 14.2. The van der Waals surface area contributed by atoms with Gasteiger partial charge in [-0.1, -0.05) is 78.9 Å². The molecule has 1 aromatic heterocycles. The average molecular weight is 707 g/mol. The molecule has 0 spiro atoms. The van der Waals surface area contributed by atoms with Crippen molar-refractivity contribution >= 4 is 35.4 Å². The van der Waals surface area contributed by atoms with Crippen molar-refractivity contribution in [1.29, 1.82) is 5.41 Å². The summed E-state index contributed by atoms with van der Waals surface area (Å²) in [5.74, 6) is 0.499. The Balaban J connectivity index is 1.34. The van der Waals surface area contributed by atoms with Gasteiger partial charge in [-0.2, -0.15) is 13.2 Å². The van der Waals surface area contributed by atoms with Gasteiger partial charge in [0.25, 0.3) is 5.91 Å². The molecule has 1 amide bonds. The number of carbonyl (C=O) groups excluding carboxylic acids is 1. The number of amides is 1. The Kier molecular flexibility index (Phi) is 10.6. The number of imidazole rings is 1. The molecule has 0 atom stereocenters. The van der Waals surface area contributed by atoms with E-state index in [0.29, 0.717) is 48.1 Å². The number of halogens is 3. The van der Waals surface area contributed by atoms with Crippen molar-refractivity contribution in [3.8, 4) is 0 Å². The van der Waals surface area contributed by atoms with Gasteiger partial charge in [0.1, 0.15) is 11.7 Å². The van der Waals surface area contributed by atoms with E-state index >= 15 is 0 Å². The van der Waals surface area contributed by atoms with E-state index in [0.717, 1.165) is 50.6 Å². The Morgan fingerprint density at radius 2 is 1.45 bits per heavy atom. The molecule has 51 heavy (non-hydrogen) atoms. The number of aryl methyl sites for hydroxylation is 2. The van der Waals surface area contributed by atoms with Crippen LogP contribution in [-0.2, 0) is 45.2 Å². The summed E-state index contributed by atoms with van der Waals surface area (Å²) in [5, 5.41) is 7.67. The zero-order valence-corrected chi connectivity index (χ0v) is 28.6. The third-order valence-electron chi connectivity index (χ3n) is 8.84. The molecule has 11 heteroatoms. The Labute approximate surface area is 299 Å². The highest BCUT2D eigenvalue weighted by molar-refractivity contribution is 7.80. The quantitative estimate of drug-likeness (QED) is 0.0592. The Bertz CT molecular complexity index is 2180. The van der Waals surface area contributed by atoms with Gasteiger partial charge in [-0.25, -0.2) is 4.98 Å². The predicted octanol–water partition coefficient (Wildman–Crippen LogP) is 7.76. The summed E-state index contributed by atoms with van der Waals surface area (Å²) in [6.45, 7) is 1.04. The first-order chi connectivity index (χ1) is 24.5. The number of nitrogens with two attached hydrogens (primary N) is 2. The van der Waals surface area contributed by atoms with Gasteiger partial charge in [0.2, 0.25) is 0 Å². The van der Waals surface area contributed by atoms with Crippen LogP contribution in [0.2, 0.25) is 0 Å². The minimum Gasteiger partial charge on any atom is -0.384 e. The van der Waals surface area contributed by atoms with Crippen molar-refractivity contribution < 1.29 is 18.0 Å². The standard InChI is InChI=1S/C40H37F3N6OS/c41-40(42,43)33-6-3-4-29(20-33)24-48(23-28-10-8-27(22-44)9-11-28)39(50)31-17-18-35-34(21-31)47-37(49(35)25-32-5-1-2-7-36(32)51)19-14-26-12-15-30(16-13-26)38(45)46/h1-13,15-18,20-21,51H,14,19,22-25,44H2,(H3,45,46). The minimum atomic E-state index is -4.50. The normalized spacial score (nSPS) is 11.5. The summed E-state index contributed by atoms with van der Waals surface area (Å²) in [7, 11) is 0. The van der Waals surface area contributed by atoms with Crippen molar-refractivity contribution in [2.45, 2.75) is 50.1 Å². The van der Waals surface area contributed by atoms with Gasteiger partial charge in [0.05, 0.1) is 23.1 Å². The van der Waals surface area contributed by atoms with Crippen molar-refractivity contribution in [2.75, 3.05) is 0 Å². The van der Waals surface area contributed by atoms with Gasteiger partial charge in [-0.05, 0) is 70.6 Å². The molecule has 0 saturated carbocycles. The number of amidine groups is 1. The van der Waals surface area contributed by atoms with Gasteiger partial charge >= 0.3 is 6.18 Å². The first kappa shape index (κ1) is 35.4. The number of nitrogens with one attached hydrogen (secondary N) is 1. The Morgan fingerprint density at radius 3 is 2.14 bits per heavy atom. The first-order valence-electron chi connectivity index (χ1n) is 16.4. The maximum absolute atomic E-state index is 14.2. The van der Waals surface area contributed by atoms with Crippen molar-refractivity contribution in [3.05, 3.63) is 166 Å². The molecule has 0 aliphatic rings. The molecule has 0 fully saturated rings. The summed E-state index contributed by atoms with van der Waals surface area (Å²) in [6.07, 6.45) is -3.22. The Morgan fingerprint density at radius 1 is 0.784 bits per heavy atom. The van der Waals surface area contributed by atoms with Gasteiger partial charge in [0, 0.05) is 42.1 Å². The van der Waals surface area contributed by atoms with E-state index in [1.165, 1.54) is 6.07 Å². The van der Waals surface area contributed by atoms with Crippen molar-refractivity contribution in [3.63, 3.8) is 0 Å². The van der Waals surface area contributed by atoms with E-state index in [2.05, 4.69) is 17.2 Å². The summed E-state index contributed by atoms with van der Waals surface area (Å²) in [5.41, 5.74) is 17.3. The maximum Gasteiger partial charge on any atom is 0.416 e. The van der Waals surface area contributed by atoms with E-state index in [9.17, 15) is 18.0 Å². The second kappa shape index (κ2) is 15.2. The van der Waals surface area contributed by atoms with Crippen LogP contribution in [0.25, 0.3) is 11.0 Å². The molecule has 0 radical (unpaired) electrons. The number of hydrogen-bond acceptors (Lipinski definition) is 5. The van der Waals surface area contributed by atoms with Crippen LogP contribution in [0.5, 0.6) is 0 Å². The molecule has 260 valence electrons. The predicted molar refractivity (Wildman–Crippen MR) is 197 cm³/mol. The number of carbonyl (C=O) groups is 1. The molecule has 6 aromatic rings. The van der Waals surface area contributed by atoms with E-state index in [4.69, 9.17) is 21.9 Å². The number of thiol groups is 1. The van der Waals surface area contributed by atoms with Crippen LogP contribution >= 0.6 is 12.6 Å². The number of nitrogens with zero attached hydrogens (tertiary/aromatic N) is 3. The molecule has 5 N–H and O–H groups in total. The van der Waals surface area contributed by atoms with Crippen molar-refractivity contribution in [2.24, 2.45) is 11.5 Å². The number of nitrogen functional groups attached to an aromatic ring is 1. The average Bonchev–Trinajstić information content (AvgIpc) is 3.47. The van der Waals surface area contributed by atoms with Crippen LogP contribution in [-0.4, -0.2) is 26.2 Å². The minimum absolute atomic E-state index is 0.0111. The number of aromatic nitrogens is 2. The molecule has 0 aliphatic heterocycles. The highest BCUT2D eigenvalue weighted by Crippen LogP contribution is 2.30. The number of benzene rings is 5. The van der Waals surface area contributed by atoms with Gasteiger partial charge in [-0.3, -0.25) is 10.2 Å². The highest BCUT2D eigenvalue weighted by atomic mass is 32.1. The summed E-state index contributed by atoms with van der Waals surface area (Å²) >= 11 is 4.67. The van der Waals surface area contributed by atoms with Crippen LogP contribution in [0, 0.1) is 5.41 Å². The van der Waals surface area contributed by atoms with Crippen molar-refractivity contribution in [1.82, 2.24) is 14.5 Å². The zero-order chi connectivity index (χ0) is 36.1. The number of alkyl halides is 3. The fourth-order valence-corrected chi connectivity index (χ4v) is 6.28. The zero-order valence-electron chi connectivity index (χ0n) is 27.7. The van der Waals surface area contributed by atoms with E-state index in [1.807, 2.05) is 78.9 Å². The number of hydrogen-bond donors (Lipinski definition) is 4. The summed E-state index contributed by atoms with van der Waals surface area (Å²) < 4.78 is 42.8. The Hall–Kier alpha value is -5.39. The second-order valence-corrected chi connectivity index (χ2v) is 12.9. The third-order valence-corrected chi connectivity index (χ3v) is 9.28. The molecule has 7 nitrogen and oxygen atoms in total. The smallest absolute Gasteiger partial charge is 0.384 e. The largest absolute Gasteiger partial charge is 0.416 e. The van der Waals surface area contributed by atoms with Crippen LogP contribution in [0.15, 0.2) is 120 Å². The van der Waals surface area contributed by atoms with Crippen LogP contribution in [0.4, 0.5) is 13.2 Å². The molecular formula is C40H37F3N6OS. The first-order valence-corrected chi connectivity index (χ1v) is 16.9. The monoisotopic (exact) mass is 706 g/mol. The van der Waals surface area contributed by atoms with Gasteiger partial charge in [0.15, 0.2) is 0 Å². The van der Waals surface area contributed by atoms with Gasteiger partial charge < -0.3 is 20.9 Å². The highest BCUT2D eigenvalue weighted by Gasteiger charge is 2.30. The fraction of sp³-hybridized carbons (Fsp3) is 0.175. The fourth-order valence-electron chi connectivity index (χ4n) is 6.05. The van der Waals surface area contributed by atoms with Gasteiger partial charge in [-0.15, -0.1) is 12.6 Å².